The van der Waals surface area contributed by atoms with Gasteiger partial charge in [0.2, 0.25) is 5.91 Å². The Hall–Kier alpha value is -2.82. The number of hydrogen-bond donors (Lipinski definition) is 2. The Bertz CT molecular complexity index is 696. The van der Waals surface area contributed by atoms with E-state index in [1.54, 1.807) is 32.2 Å². The van der Waals surface area contributed by atoms with Gasteiger partial charge in [0.05, 0.1) is 19.2 Å². The molecule has 0 spiro atoms. The highest BCUT2D eigenvalue weighted by atomic mass is 16.5. The third-order valence-corrected chi connectivity index (χ3v) is 3.21. The van der Waals surface area contributed by atoms with Gasteiger partial charge < -0.3 is 15.3 Å². The van der Waals surface area contributed by atoms with E-state index in [2.05, 4.69) is 10.5 Å². The maximum absolute atomic E-state index is 12.1. The van der Waals surface area contributed by atoms with Crippen LogP contribution in [0.3, 0.4) is 0 Å². The van der Waals surface area contributed by atoms with Crippen LogP contribution in [0.15, 0.2) is 53.7 Å². The molecule has 2 rings (SSSR count). The minimum absolute atomic E-state index is 0.121. The number of amides is 1. The highest BCUT2D eigenvalue weighted by molar-refractivity contribution is 6.00. The van der Waals surface area contributed by atoms with Gasteiger partial charge in [-0.3, -0.25) is 4.79 Å². The molecule has 2 N–H and O–H groups in total. The number of methoxy groups -OCH3 is 1. The molecule has 0 aromatic heterocycles. The van der Waals surface area contributed by atoms with Crippen molar-refractivity contribution >= 4 is 17.3 Å². The number of benzene rings is 2. The summed E-state index contributed by atoms with van der Waals surface area (Å²) in [7, 11) is 1.59. The zero-order chi connectivity index (χ0) is 15.9. The summed E-state index contributed by atoms with van der Waals surface area (Å²) < 4.78 is 5.14. The number of nitrogens with one attached hydrogen (secondary N) is 1. The lowest BCUT2D eigenvalue weighted by Crippen LogP contribution is -2.14. The summed E-state index contributed by atoms with van der Waals surface area (Å²) in [5, 5.41) is 14.8. The number of ether oxygens (including phenoxy) is 1. The number of anilines is 1. The van der Waals surface area contributed by atoms with E-state index in [1.165, 1.54) is 0 Å². The van der Waals surface area contributed by atoms with Crippen LogP contribution in [-0.2, 0) is 11.2 Å². The molecule has 0 radical (unpaired) electrons. The Labute approximate surface area is 129 Å². The molecule has 0 fully saturated rings. The first kappa shape index (κ1) is 15.6. The summed E-state index contributed by atoms with van der Waals surface area (Å²) in [6.45, 7) is 1.69. The van der Waals surface area contributed by atoms with E-state index in [-0.39, 0.29) is 12.3 Å². The maximum Gasteiger partial charge on any atom is 0.228 e. The summed E-state index contributed by atoms with van der Waals surface area (Å²) in [5.41, 5.74) is 2.78. The Kier molecular flexibility index (Phi) is 5.14. The molecule has 22 heavy (non-hydrogen) atoms. The Morgan fingerprint density at radius 1 is 1.23 bits per heavy atom. The third-order valence-electron chi connectivity index (χ3n) is 3.21. The van der Waals surface area contributed by atoms with Crippen LogP contribution in [0.4, 0.5) is 5.69 Å². The second-order valence-electron chi connectivity index (χ2n) is 4.84. The summed E-state index contributed by atoms with van der Waals surface area (Å²) in [6, 6.07) is 14.6. The number of nitrogens with zero attached hydrogens (tertiary/aromatic N) is 1. The van der Waals surface area contributed by atoms with Gasteiger partial charge in [-0.15, -0.1) is 0 Å². The Morgan fingerprint density at radius 3 is 2.73 bits per heavy atom. The second-order valence-corrected chi connectivity index (χ2v) is 4.84. The number of carbonyl (C=O) groups excluding carboxylic acids is 1. The molecular formula is C17H18N2O3. The second kappa shape index (κ2) is 7.26. The number of carbonyl (C=O) groups is 1. The average molecular weight is 298 g/mol. The van der Waals surface area contributed by atoms with Crippen molar-refractivity contribution in [3.05, 3.63) is 59.7 Å². The van der Waals surface area contributed by atoms with Crippen molar-refractivity contribution in [1.29, 1.82) is 0 Å². The Morgan fingerprint density at radius 2 is 2.00 bits per heavy atom. The number of hydrogen-bond acceptors (Lipinski definition) is 4. The molecule has 0 unspecified atom stereocenters. The first-order valence-corrected chi connectivity index (χ1v) is 6.84. The fraction of sp³-hybridized carbons (Fsp3) is 0.176. The average Bonchev–Trinajstić information content (AvgIpc) is 2.54. The van der Waals surface area contributed by atoms with E-state index in [0.717, 1.165) is 16.9 Å². The molecule has 0 heterocycles. The van der Waals surface area contributed by atoms with Crippen LogP contribution in [0, 0.1) is 0 Å². The molecule has 0 aliphatic heterocycles. The van der Waals surface area contributed by atoms with Crippen molar-refractivity contribution in [3.8, 4) is 5.75 Å². The van der Waals surface area contributed by atoms with E-state index >= 15 is 0 Å². The van der Waals surface area contributed by atoms with Crippen molar-refractivity contribution in [2.75, 3.05) is 12.4 Å². The minimum atomic E-state index is -0.121. The summed E-state index contributed by atoms with van der Waals surface area (Å²) in [4.78, 5) is 12.1. The van der Waals surface area contributed by atoms with Crippen molar-refractivity contribution in [2.45, 2.75) is 13.3 Å². The molecule has 5 nitrogen and oxygen atoms in total. The van der Waals surface area contributed by atoms with Crippen molar-refractivity contribution in [2.24, 2.45) is 5.16 Å². The van der Waals surface area contributed by atoms with Gasteiger partial charge in [-0.1, -0.05) is 29.4 Å². The fourth-order valence-corrected chi connectivity index (χ4v) is 2.05. The monoisotopic (exact) mass is 298 g/mol. The predicted molar refractivity (Wildman–Crippen MR) is 85.8 cm³/mol. The van der Waals surface area contributed by atoms with Gasteiger partial charge in [0, 0.05) is 11.3 Å². The zero-order valence-corrected chi connectivity index (χ0v) is 12.5. The van der Waals surface area contributed by atoms with Gasteiger partial charge in [0.15, 0.2) is 0 Å². The quantitative estimate of drug-likeness (QED) is 0.506. The van der Waals surface area contributed by atoms with Gasteiger partial charge in [0.1, 0.15) is 5.75 Å². The minimum Gasteiger partial charge on any atom is -0.497 e. The van der Waals surface area contributed by atoms with Crippen LogP contribution >= 0.6 is 0 Å². The first-order valence-electron chi connectivity index (χ1n) is 6.84. The van der Waals surface area contributed by atoms with E-state index in [9.17, 15) is 4.79 Å². The lowest BCUT2D eigenvalue weighted by molar-refractivity contribution is -0.115. The molecule has 0 aliphatic carbocycles. The van der Waals surface area contributed by atoms with Crippen molar-refractivity contribution < 1.29 is 14.7 Å². The van der Waals surface area contributed by atoms with Crippen LogP contribution in [0.5, 0.6) is 5.75 Å². The van der Waals surface area contributed by atoms with Crippen LogP contribution in [0.25, 0.3) is 0 Å². The summed E-state index contributed by atoms with van der Waals surface area (Å²) in [6.07, 6.45) is 0.258. The van der Waals surface area contributed by atoms with Gasteiger partial charge in [-0.2, -0.15) is 0 Å². The molecule has 0 atom stereocenters. The topological polar surface area (TPSA) is 70.9 Å². The van der Waals surface area contributed by atoms with E-state index in [0.29, 0.717) is 11.4 Å². The lowest BCUT2D eigenvalue weighted by Gasteiger charge is -2.08. The lowest BCUT2D eigenvalue weighted by atomic mass is 10.1. The largest absolute Gasteiger partial charge is 0.497 e. The van der Waals surface area contributed by atoms with Crippen molar-refractivity contribution in [3.63, 3.8) is 0 Å². The maximum atomic E-state index is 12.1. The van der Waals surface area contributed by atoms with Crippen molar-refractivity contribution in [1.82, 2.24) is 0 Å². The molecule has 2 aromatic carbocycles. The normalized spacial score (nSPS) is 11.1. The SMILES string of the molecule is COc1cccc(CC(=O)Nc2cccc(/C(C)=N/O)c2)c1. The zero-order valence-electron chi connectivity index (χ0n) is 12.5. The predicted octanol–water partition coefficient (Wildman–Crippen LogP) is 3.07. The van der Waals surface area contributed by atoms with Crippen LogP contribution in [-0.4, -0.2) is 23.9 Å². The van der Waals surface area contributed by atoms with Gasteiger partial charge in [-0.25, -0.2) is 0 Å². The van der Waals surface area contributed by atoms with E-state index in [1.807, 2.05) is 30.3 Å². The third kappa shape index (κ3) is 4.09. The summed E-state index contributed by atoms with van der Waals surface area (Å²) >= 11 is 0. The van der Waals surface area contributed by atoms with Gasteiger partial charge in [-0.05, 0) is 36.8 Å². The van der Waals surface area contributed by atoms with Gasteiger partial charge in [0.25, 0.3) is 0 Å². The molecule has 2 aromatic rings. The highest BCUT2D eigenvalue weighted by Gasteiger charge is 2.06. The van der Waals surface area contributed by atoms with Crippen LogP contribution < -0.4 is 10.1 Å². The molecule has 0 aliphatic rings. The van der Waals surface area contributed by atoms with E-state index < -0.39 is 0 Å². The standard InChI is InChI=1S/C17H18N2O3/c1-12(19-21)14-6-4-7-15(11-14)18-17(20)10-13-5-3-8-16(9-13)22-2/h3-9,11,21H,10H2,1-2H3,(H,18,20)/b19-12+. The summed E-state index contributed by atoms with van der Waals surface area (Å²) in [5.74, 6) is 0.603. The molecule has 1 amide bonds. The molecule has 5 heteroatoms. The van der Waals surface area contributed by atoms with Crippen LogP contribution in [0.1, 0.15) is 18.1 Å². The van der Waals surface area contributed by atoms with E-state index in [4.69, 9.17) is 9.94 Å². The number of oxime groups is 1. The molecule has 0 bridgehead atoms. The molecule has 0 saturated carbocycles. The number of rotatable bonds is 5. The Balaban J connectivity index is 2.05. The fourth-order valence-electron chi connectivity index (χ4n) is 2.05. The van der Waals surface area contributed by atoms with Gasteiger partial charge >= 0.3 is 0 Å². The van der Waals surface area contributed by atoms with Crippen LogP contribution in [0.2, 0.25) is 0 Å². The highest BCUT2D eigenvalue weighted by Crippen LogP contribution is 2.15. The molecular weight excluding hydrogens is 280 g/mol. The molecule has 0 saturated heterocycles. The first-order chi connectivity index (χ1) is 10.6. The molecule has 114 valence electrons. The smallest absolute Gasteiger partial charge is 0.228 e.